The van der Waals surface area contributed by atoms with E-state index >= 15 is 0 Å². The molecule has 0 aliphatic heterocycles. The van der Waals surface area contributed by atoms with Crippen LogP contribution < -0.4 is 19.6 Å². The van der Waals surface area contributed by atoms with E-state index in [9.17, 15) is 13.2 Å². The van der Waals surface area contributed by atoms with Crippen LogP contribution in [-0.2, 0) is 21.4 Å². The Bertz CT molecular complexity index is 1350. The molecule has 0 saturated heterocycles. The van der Waals surface area contributed by atoms with Crippen LogP contribution in [-0.4, -0.2) is 52.7 Å². The van der Waals surface area contributed by atoms with Crippen molar-refractivity contribution in [1.82, 2.24) is 9.73 Å². The number of methoxy groups -OCH3 is 3. The van der Waals surface area contributed by atoms with Crippen molar-refractivity contribution in [3.8, 4) is 17.2 Å². The fourth-order valence-corrected chi connectivity index (χ4v) is 4.96. The molecule has 1 amide bonds. The normalized spacial score (nSPS) is 11.5. The minimum Gasteiger partial charge on any atom is -0.493 e. The highest BCUT2D eigenvalue weighted by atomic mass is 32.2. The Morgan fingerprint density at radius 1 is 0.865 bits per heavy atom. The van der Waals surface area contributed by atoms with Gasteiger partial charge in [-0.25, -0.2) is 13.8 Å². The van der Waals surface area contributed by atoms with E-state index in [2.05, 4.69) is 10.5 Å². The van der Waals surface area contributed by atoms with Crippen LogP contribution in [0.4, 0.5) is 0 Å². The Morgan fingerprint density at radius 3 is 2.03 bits per heavy atom. The molecular weight excluding hydrogens is 494 g/mol. The first kappa shape index (κ1) is 27.7. The van der Waals surface area contributed by atoms with Gasteiger partial charge in [0.2, 0.25) is 15.8 Å². The standard InChI is InChI=1S/C27H31N3O6S/c1-19-6-10-21(11-7-19)17-30(37(32,33)23-13-8-20(2)9-14-23)18-25(31)29-28-16-22-12-15-24(34-3)27(36-5)26(22)35-4/h6-16H,17-18H2,1-5H3,(H,29,31)/b28-16-. The summed E-state index contributed by atoms with van der Waals surface area (Å²) in [6, 6.07) is 17.4. The molecule has 10 heteroatoms. The van der Waals surface area contributed by atoms with E-state index in [1.54, 1.807) is 24.3 Å². The molecule has 9 nitrogen and oxygen atoms in total. The van der Waals surface area contributed by atoms with Crippen molar-refractivity contribution in [3.05, 3.63) is 82.9 Å². The molecule has 0 unspecified atom stereocenters. The lowest BCUT2D eigenvalue weighted by molar-refractivity contribution is -0.121. The summed E-state index contributed by atoms with van der Waals surface area (Å²) in [6.07, 6.45) is 1.39. The van der Waals surface area contributed by atoms with Crippen molar-refractivity contribution in [2.45, 2.75) is 25.3 Å². The van der Waals surface area contributed by atoms with Crippen molar-refractivity contribution < 1.29 is 27.4 Å². The smallest absolute Gasteiger partial charge is 0.255 e. The van der Waals surface area contributed by atoms with Crippen LogP contribution in [0, 0.1) is 13.8 Å². The quantitative estimate of drug-likeness (QED) is 0.302. The monoisotopic (exact) mass is 525 g/mol. The van der Waals surface area contributed by atoms with Crippen LogP contribution in [0.2, 0.25) is 0 Å². The lowest BCUT2D eigenvalue weighted by Gasteiger charge is -2.21. The minimum atomic E-state index is -3.96. The van der Waals surface area contributed by atoms with Crippen LogP contribution in [0.1, 0.15) is 22.3 Å². The molecule has 0 saturated carbocycles. The molecule has 0 aliphatic rings. The second-order valence-electron chi connectivity index (χ2n) is 8.29. The predicted molar refractivity (Wildman–Crippen MR) is 142 cm³/mol. The van der Waals surface area contributed by atoms with Gasteiger partial charge in [-0.2, -0.15) is 9.41 Å². The number of amides is 1. The summed E-state index contributed by atoms with van der Waals surface area (Å²) in [6.45, 7) is 3.42. The molecule has 3 rings (SSSR count). The molecule has 0 bridgehead atoms. The van der Waals surface area contributed by atoms with E-state index in [4.69, 9.17) is 14.2 Å². The molecule has 0 atom stereocenters. The second kappa shape index (κ2) is 12.4. The van der Waals surface area contributed by atoms with Gasteiger partial charge in [0.15, 0.2) is 11.5 Å². The molecule has 0 heterocycles. The number of carbonyl (C=O) groups excluding carboxylic acids is 1. The number of hydrazone groups is 1. The molecule has 0 aromatic heterocycles. The zero-order chi connectivity index (χ0) is 27.0. The number of nitrogens with one attached hydrogen (secondary N) is 1. The van der Waals surface area contributed by atoms with Gasteiger partial charge in [-0.1, -0.05) is 47.5 Å². The number of hydrogen-bond donors (Lipinski definition) is 1. The zero-order valence-corrected chi connectivity index (χ0v) is 22.3. The Balaban J connectivity index is 1.82. The molecule has 0 fully saturated rings. The van der Waals surface area contributed by atoms with Gasteiger partial charge in [-0.3, -0.25) is 4.79 Å². The van der Waals surface area contributed by atoms with Gasteiger partial charge in [0.1, 0.15) is 0 Å². The van der Waals surface area contributed by atoms with Crippen molar-refractivity contribution >= 4 is 22.1 Å². The van der Waals surface area contributed by atoms with Crippen LogP contribution >= 0.6 is 0 Å². The maximum absolute atomic E-state index is 13.4. The Kier molecular flexibility index (Phi) is 9.26. The van der Waals surface area contributed by atoms with Gasteiger partial charge in [-0.15, -0.1) is 0 Å². The van der Waals surface area contributed by atoms with E-state index in [0.717, 1.165) is 21.0 Å². The van der Waals surface area contributed by atoms with Crippen molar-refractivity contribution in [2.24, 2.45) is 5.10 Å². The summed E-state index contributed by atoms with van der Waals surface area (Å²) in [5, 5.41) is 4.00. The number of nitrogens with zero attached hydrogens (tertiary/aromatic N) is 2. The van der Waals surface area contributed by atoms with E-state index in [0.29, 0.717) is 22.8 Å². The van der Waals surface area contributed by atoms with Gasteiger partial charge in [0.25, 0.3) is 5.91 Å². The number of carbonyl (C=O) groups is 1. The number of hydrogen-bond acceptors (Lipinski definition) is 7. The molecule has 3 aromatic carbocycles. The third-order valence-corrected chi connectivity index (χ3v) is 7.39. The first-order valence-electron chi connectivity index (χ1n) is 11.4. The first-order chi connectivity index (χ1) is 17.7. The zero-order valence-electron chi connectivity index (χ0n) is 21.5. The Labute approximate surface area is 217 Å². The SMILES string of the molecule is COc1ccc(/C=N\NC(=O)CN(Cc2ccc(C)cc2)S(=O)(=O)c2ccc(C)cc2)c(OC)c1OC. The number of benzene rings is 3. The lowest BCUT2D eigenvalue weighted by Crippen LogP contribution is -2.39. The van der Waals surface area contributed by atoms with Crippen molar-refractivity contribution in [3.63, 3.8) is 0 Å². The van der Waals surface area contributed by atoms with Crippen molar-refractivity contribution in [1.29, 1.82) is 0 Å². The van der Waals surface area contributed by atoms with Crippen LogP contribution in [0.15, 0.2) is 70.7 Å². The first-order valence-corrected chi connectivity index (χ1v) is 12.9. The Morgan fingerprint density at radius 2 is 1.46 bits per heavy atom. The fourth-order valence-electron chi connectivity index (χ4n) is 3.58. The highest BCUT2D eigenvalue weighted by Gasteiger charge is 2.27. The summed E-state index contributed by atoms with van der Waals surface area (Å²) in [4.78, 5) is 12.9. The molecular formula is C27H31N3O6S. The third-order valence-electron chi connectivity index (χ3n) is 5.59. The average Bonchev–Trinajstić information content (AvgIpc) is 2.89. The van der Waals surface area contributed by atoms with Gasteiger partial charge in [0, 0.05) is 12.1 Å². The van der Waals surface area contributed by atoms with E-state index in [1.165, 1.54) is 39.7 Å². The van der Waals surface area contributed by atoms with Crippen LogP contribution in [0.25, 0.3) is 0 Å². The van der Waals surface area contributed by atoms with E-state index < -0.39 is 22.5 Å². The number of ether oxygens (including phenoxy) is 3. The number of sulfonamides is 1. The van der Waals surface area contributed by atoms with Crippen LogP contribution in [0.5, 0.6) is 17.2 Å². The maximum Gasteiger partial charge on any atom is 0.255 e. The lowest BCUT2D eigenvalue weighted by atomic mass is 10.1. The summed E-state index contributed by atoms with van der Waals surface area (Å²) in [5.74, 6) is 0.642. The van der Waals surface area contributed by atoms with Gasteiger partial charge in [0.05, 0.1) is 39.0 Å². The summed E-state index contributed by atoms with van der Waals surface area (Å²) in [7, 11) is 0.521. The highest BCUT2D eigenvalue weighted by molar-refractivity contribution is 7.89. The number of aryl methyl sites for hydroxylation is 2. The van der Waals surface area contributed by atoms with Gasteiger partial charge in [-0.05, 0) is 43.7 Å². The topological polar surface area (TPSA) is 107 Å². The summed E-state index contributed by atoms with van der Waals surface area (Å²) >= 11 is 0. The Hall–Kier alpha value is -3.89. The molecule has 1 N–H and O–H groups in total. The minimum absolute atomic E-state index is 0.0249. The van der Waals surface area contributed by atoms with Crippen LogP contribution in [0.3, 0.4) is 0 Å². The van der Waals surface area contributed by atoms with E-state index in [-0.39, 0.29) is 11.4 Å². The maximum atomic E-state index is 13.4. The van der Waals surface area contributed by atoms with E-state index in [1.807, 2.05) is 38.1 Å². The second-order valence-corrected chi connectivity index (χ2v) is 10.2. The molecule has 3 aromatic rings. The number of rotatable bonds is 11. The summed E-state index contributed by atoms with van der Waals surface area (Å²) < 4.78 is 44.0. The van der Waals surface area contributed by atoms with Crippen molar-refractivity contribution in [2.75, 3.05) is 27.9 Å². The molecule has 0 spiro atoms. The third kappa shape index (κ3) is 6.87. The predicted octanol–water partition coefficient (Wildman–Crippen LogP) is 3.67. The summed E-state index contributed by atoms with van der Waals surface area (Å²) in [5.41, 5.74) is 5.67. The fraction of sp³-hybridized carbons (Fsp3) is 0.259. The largest absolute Gasteiger partial charge is 0.493 e. The average molecular weight is 526 g/mol. The molecule has 0 radical (unpaired) electrons. The van der Waals surface area contributed by atoms with Gasteiger partial charge < -0.3 is 14.2 Å². The molecule has 196 valence electrons. The molecule has 0 aliphatic carbocycles. The molecule has 37 heavy (non-hydrogen) atoms. The van der Waals surface area contributed by atoms with Gasteiger partial charge >= 0.3 is 0 Å². The highest BCUT2D eigenvalue weighted by Crippen LogP contribution is 2.38.